The molecule has 1 heterocycles. The van der Waals surface area contributed by atoms with Crippen LogP contribution in [0.3, 0.4) is 0 Å². The van der Waals surface area contributed by atoms with E-state index in [9.17, 15) is 4.79 Å². The molecule has 0 saturated carbocycles. The molecule has 0 spiro atoms. The molecule has 5 heteroatoms. The number of amides is 1. The Labute approximate surface area is 91.8 Å². The molecule has 0 unspecified atom stereocenters. The highest BCUT2D eigenvalue weighted by atomic mass is 35.5. The minimum Gasteiger partial charge on any atom is -0.412 e. The van der Waals surface area contributed by atoms with Gasteiger partial charge in [0.25, 0.3) is 0 Å². The van der Waals surface area contributed by atoms with Gasteiger partial charge in [-0.05, 0) is 25.9 Å². The molecule has 1 saturated heterocycles. The molecule has 14 heavy (non-hydrogen) atoms. The van der Waals surface area contributed by atoms with Crippen LogP contribution in [-0.4, -0.2) is 43.5 Å². The molecule has 0 atom stereocenters. The van der Waals surface area contributed by atoms with Crippen LogP contribution in [0.15, 0.2) is 0 Å². The van der Waals surface area contributed by atoms with Gasteiger partial charge in [0.05, 0.1) is 0 Å². The van der Waals surface area contributed by atoms with E-state index in [1.807, 2.05) is 14.1 Å². The van der Waals surface area contributed by atoms with E-state index < -0.39 is 0 Å². The lowest BCUT2D eigenvalue weighted by Gasteiger charge is -2.34. The molecular weight excluding hydrogens is 204 g/mol. The first-order valence-electron chi connectivity index (χ1n) is 4.49. The zero-order valence-corrected chi connectivity index (χ0v) is 9.91. The summed E-state index contributed by atoms with van der Waals surface area (Å²) in [6.45, 7) is 4.00. The number of halogens is 1. The van der Waals surface area contributed by atoms with E-state index in [2.05, 4.69) is 12.2 Å². The van der Waals surface area contributed by atoms with Crippen LogP contribution in [-0.2, 0) is 4.79 Å². The predicted octanol–water partition coefficient (Wildman–Crippen LogP) is 0.0614. The van der Waals surface area contributed by atoms with Gasteiger partial charge in [-0.15, -0.1) is 12.4 Å². The van der Waals surface area contributed by atoms with E-state index in [1.165, 1.54) is 0 Å². The van der Waals surface area contributed by atoms with E-state index in [0.717, 1.165) is 25.9 Å². The number of rotatable bonds is 1. The van der Waals surface area contributed by atoms with Crippen LogP contribution >= 0.6 is 12.4 Å². The summed E-state index contributed by atoms with van der Waals surface area (Å²) in [4.78, 5) is 13.4. The second-order valence-corrected chi connectivity index (χ2v) is 4.01. The van der Waals surface area contributed by atoms with E-state index >= 15 is 0 Å². The van der Waals surface area contributed by atoms with Crippen molar-refractivity contribution in [3.63, 3.8) is 0 Å². The van der Waals surface area contributed by atoms with Crippen molar-refractivity contribution < 1.29 is 10.3 Å². The van der Waals surface area contributed by atoms with E-state index in [-0.39, 0.29) is 29.2 Å². The second kappa shape index (κ2) is 6.22. The normalized spacial score (nSPS) is 18.8. The Hall–Kier alpha value is -0.320. The van der Waals surface area contributed by atoms with Crippen molar-refractivity contribution in [2.24, 2.45) is 5.41 Å². The molecule has 1 fully saturated rings. The standard InChI is InChI=1S/C9H18N2O.ClH.H2O/c1-9(8(12)11(2)3)4-6-10-7-5-9;;/h10H,4-7H2,1-3H3;1H;1H2. The maximum Gasteiger partial charge on any atom is 0.228 e. The number of nitrogens with zero attached hydrogens (tertiary/aromatic N) is 1. The minimum absolute atomic E-state index is 0. The molecule has 1 aliphatic rings. The molecular formula is C9H21ClN2O2. The van der Waals surface area contributed by atoms with Gasteiger partial charge in [0, 0.05) is 19.5 Å². The molecule has 0 aromatic carbocycles. The summed E-state index contributed by atoms with van der Waals surface area (Å²) in [6, 6.07) is 0. The Balaban J connectivity index is 0. The van der Waals surface area contributed by atoms with E-state index in [1.54, 1.807) is 4.90 Å². The SMILES string of the molecule is CN(C)C(=O)C1(C)CCNCC1.Cl.O. The van der Waals surface area contributed by atoms with Crippen molar-refractivity contribution in [3.05, 3.63) is 0 Å². The molecule has 1 rings (SSSR count). The monoisotopic (exact) mass is 224 g/mol. The van der Waals surface area contributed by atoms with Crippen molar-refractivity contribution in [2.45, 2.75) is 19.8 Å². The Bertz CT molecular complexity index is 180. The summed E-state index contributed by atoms with van der Waals surface area (Å²) in [5.74, 6) is 0.268. The van der Waals surface area contributed by atoms with Gasteiger partial charge in [0.1, 0.15) is 0 Å². The predicted molar refractivity (Wildman–Crippen MR) is 59.8 cm³/mol. The van der Waals surface area contributed by atoms with E-state index in [0.29, 0.717) is 0 Å². The first kappa shape index (κ1) is 16.1. The number of piperidine rings is 1. The van der Waals surface area contributed by atoms with Gasteiger partial charge in [-0.2, -0.15) is 0 Å². The van der Waals surface area contributed by atoms with Crippen LogP contribution in [0.4, 0.5) is 0 Å². The van der Waals surface area contributed by atoms with Crippen molar-refractivity contribution in [1.82, 2.24) is 10.2 Å². The second-order valence-electron chi connectivity index (χ2n) is 4.01. The van der Waals surface area contributed by atoms with Crippen LogP contribution in [0.25, 0.3) is 0 Å². The summed E-state index contributed by atoms with van der Waals surface area (Å²) in [7, 11) is 3.66. The first-order valence-corrected chi connectivity index (χ1v) is 4.49. The summed E-state index contributed by atoms with van der Waals surface area (Å²) in [5, 5.41) is 3.26. The van der Waals surface area contributed by atoms with Gasteiger partial charge in [0.2, 0.25) is 5.91 Å². The fourth-order valence-corrected chi connectivity index (χ4v) is 1.73. The molecule has 0 aromatic heterocycles. The topological polar surface area (TPSA) is 63.8 Å². The highest BCUT2D eigenvalue weighted by Crippen LogP contribution is 2.29. The summed E-state index contributed by atoms with van der Waals surface area (Å²) < 4.78 is 0. The molecule has 1 aliphatic heterocycles. The maximum absolute atomic E-state index is 11.7. The molecule has 0 aromatic rings. The number of nitrogens with one attached hydrogen (secondary N) is 1. The Kier molecular flexibility index (Phi) is 7.16. The summed E-state index contributed by atoms with van der Waals surface area (Å²) >= 11 is 0. The third-order valence-corrected chi connectivity index (χ3v) is 2.63. The van der Waals surface area contributed by atoms with Crippen LogP contribution in [0.1, 0.15) is 19.8 Å². The van der Waals surface area contributed by atoms with Gasteiger partial charge >= 0.3 is 0 Å². The number of carbonyl (C=O) groups excluding carboxylic acids is 1. The van der Waals surface area contributed by atoms with Gasteiger partial charge in [-0.1, -0.05) is 6.92 Å². The van der Waals surface area contributed by atoms with Gasteiger partial charge in [-0.25, -0.2) is 0 Å². The highest BCUT2D eigenvalue weighted by molar-refractivity contribution is 5.85. The van der Waals surface area contributed by atoms with Crippen LogP contribution in [0.5, 0.6) is 0 Å². The molecule has 4 nitrogen and oxygen atoms in total. The summed E-state index contributed by atoms with van der Waals surface area (Å²) in [5.41, 5.74) is -0.116. The average Bonchev–Trinajstić information content (AvgIpc) is 2.04. The molecule has 86 valence electrons. The summed E-state index contributed by atoms with van der Waals surface area (Å²) in [6.07, 6.45) is 1.92. The molecule has 3 N–H and O–H groups in total. The minimum atomic E-state index is -0.116. The Morgan fingerprint density at radius 1 is 1.29 bits per heavy atom. The fourth-order valence-electron chi connectivity index (χ4n) is 1.73. The Morgan fingerprint density at radius 3 is 2.07 bits per heavy atom. The average molecular weight is 225 g/mol. The van der Waals surface area contributed by atoms with Gasteiger partial charge < -0.3 is 15.7 Å². The zero-order chi connectivity index (χ0) is 9.19. The van der Waals surface area contributed by atoms with Gasteiger partial charge in [0.15, 0.2) is 0 Å². The van der Waals surface area contributed by atoms with Crippen molar-refractivity contribution in [2.75, 3.05) is 27.2 Å². The number of hydrogen-bond acceptors (Lipinski definition) is 2. The highest BCUT2D eigenvalue weighted by Gasteiger charge is 2.35. The van der Waals surface area contributed by atoms with Gasteiger partial charge in [-0.3, -0.25) is 4.79 Å². The smallest absolute Gasteiger partial charge is 0.228 e. The molecule has 0 bridgehead atoms. The first-order chi connectivity index (χ1) is 5.56. The largest absolute Gasteiger partial charge is 0.412 e. The number of carbonyl (C=O) groups is 1. The lowest BCUT2D eigenvalue weighted by Crippen LogP contribution is -2.45. The Morgan fingerprint density at radius 2 is 1.71 bits per heavy atom. The van der Waals surface area contributed by atoms with Crippen LogP contribution in [0, 0.1) is 5.41 Å². The van der Waals surface area contributed by atoms with Crippen molar-refractivity contribution in [1.29, 1.82) is 0 Å². The lowest BCUT2D eigenvalue weighted by molar-refractivity contribution is -0.140. The molecule has 0 aliphatic carbocycles. The fraction of sp³-hybridized carbons (Fsp3) is 0.889. The van der Waals surface area contributed by atoms with Crippen LogP contribution in [0.2, 0.25) is 0 Å². The third kappa shape index (κ3) is 3.44. The van der Waals surface area contributed by atoms with Crippen LogP contribution < -0.4 is 5.32 Å². The maximum atomic E-state index is 11.7. The lowest BCUT2D eigenvalue weighted by atomic mass is 9.80. The third-order valence-electron chi connectivity index (χ3n) is 2.63. The van der Waals surface area contributed by atoms with Crippen molar-refractivity contribution in [3.8, 4) is 0 Å². The quantitative estimate of drug-likeness (QED) is 0.685. The van der Waals surface area contributed by atoms with E-state index in [4.69, 9.17) is 0 Å². The zero-order valence-electron chi connectivity index (χ0n) is 9.09. The molecule has 1 amide bonds. The van der Waals surface area contributed by atoms with Crippen molar-refractivity contribution >= 4 is 18.3 Å². The number of hydrogen-bond donors (Lipinski definition) is 1. The molecule has 0 radical (unpaired) electrons.